The summed E-state index contributed by atoms with van der Waals surface area (Å²) >= 11 is 3.30. The third-order valence-electron chi connectivity index (χ3n) is 5.24. The SMILES string of the molecule is Cc1ccc2cc(Cn3c(=O)c4c(nc(Br)n4C)n(C)c3=O)n(C(=O)OC(C)(C)C)c2c1. The van der Waals surface area contributed by atoms with Crippen LogP contribution in [0.25, 0.3) is 22.1 Å². The van der Waals surface area contributed by atoms with E-state index in [1.54, 1.807) is 45.5 Å². The third-order valence-corrected chi connectivity index (χ3v) is 5.95. The summed E-state index contributed by atoms with van der Waals surface area (Å²) in [6, 6.07) is 7.52. The molecule has 168 valence electrons. The summed E-state index contributed by atoms with van der Waals surface area (Å²) in [6.45, 7) is 7.19. The molecular formula is C22H24BrN5O4. The number of hydrogen-bond donors (Lipinski definition) is 0. The topological polar surface area (TPSA) is 93.0 Å². The Hall–Kier alpha value is -3.14. The molecule has 1 aromatic carbocycles. The quantitative estimate of drug-likeness (QED) is 0.393. The maximum atomic E-state index is 13.3. The van der Waals surface area contributed by atoms with Gasteiger partial charge in [-0.1, -0.05) is 12.1 Å². The van der Waals surface area contributed by atoms with Crippen molar-refractivity contribution in [3.05, 3.63) is 61.1 Å². The lowest BCUT2D eigenvalue weighted by Crippen LogP contribution is -2.40. The Morgan fingerprint density at radius 2 is 1.81 bits per heavy atom. The number of aryl methyl sites for hydroxylation is 3. The minimum absolute atomic E-state index is 0.1000. The van der Waals surface area contributed by atoms with Crippen LogP contribution < -0.4 is 11.2 Å². The number of hydrogen-bond acceptors (Lipinski definition) is 5. The van der Waals surface area contributed by atoms with Gasteiger partial charge in [0.15, 0.2) is 15.9 Å². The number of imidazole rings is 1. The van der Waals surface area contributed by atoms with Crippen molar-refractivity contribution in [1.82, 2.24) is 23.3 Å². The van der Waals surface area contributed by atoms with Crippen LogP contribution in [0.4, 0.5) is 4.79 Å². The molecule has 3 heterocycles. The van der Waals surface area contributed by atoms with Gasteiger partial charge in [-0.05, 0) is 61.3 Å². The van der Waals surface area contributed by atoms with Gasteiger partial charge in [-0.25, -0.2) is 19.1 Å². The van der Waals surface area contributed by atoms with Gasteiger partial charge in [-0.3, -0.25) is 13.9 Å². The van der Waals surface area contributed by atoms with Gasteiger partial charge < -0.3 is 9.30 Å². The number of ether oxygens (including phenoxy) is 1. The first-order valence-electron chi connectivity index (χ1n) is 10.0. The van der Waals surface area contributed by atoms with E-state index in [-0.39, 0.29) is 17.7 Å². The Labute approximate surface area is 192 Å². The lowest BCUT2D eigenvalue weighted by Gasteiger charge is -2.21. The van der Waals surface area contributed by atoms with Crippen LogP contribution >= 0.6 is 15.9 Å². The summed E-state index contributed by atoms with van der Waals surface area (Å²) in [7, 11) is 3.25. The molecular weight excluding hydrogens is 478 g/mol. The van der Waals surface area contributed by atoms with Crippen molar-refractivity contribution >= 4 is 44.1 Å². The molecule has 32 heavy (non-hydrogen) atoms. The molecule has 4 rings (SSSR count). The van der Waals surface area contributed by atoms with Gasteiger partial charge in [0.2, 0.25) is 0 Å². The standard InChI is InChI=1S/C22H24BrN5O4/c1-12-7-8-13-10-14(28(15(13)9-12)21(31)32-22(2,3)4)11-27-18(29)16-17(26(6)20(27)30)24-19(23)25(16)5/h7-10H,11H2,1-6H3. The summed E-state index contributed by atoms with van der Waals surface area (Å²) in [5, 5.41) is 0.811. The summed E-state index contributed by atoms with van der Waals surface area (Å²) in [6.07, 6.45) is -0.567. The van der Waals surface area contributed by atoms with E-state index in [0.29, 0.717) is 15.9 Å². The Morgan fingerprint density at radius 1 is 1.12 bits per heavy atom. The van der Waals surface area contributed by atoms with E-state index in [1.807, 2.05) is 25.1 Å². The zero-order valence-electron chi connectivity index (χ0n) is 18.8. The van der Waals surface area contributed by atoms with E-state index in [1.165, 1.54) is 9.13 Å². The van der Waals surface area contributed by atoms with Crippen LogP contribution in [0, 0.1) is 6.92 Å². The number of rotatable bonds is 2. The largest absolute Gasteiger partial charge is 0.443 e. The summed E-state index contributed by atoms with van der Waals surface area (Å²) in [5.41, 5.74) is 0.959. The highest BCUT2D eigenvalue weighted by Gasteiger charge is 2.24. The molecule has 3 aromatic heterocycles. The highest BCUT2D eigenvalue weighted by molar-refractivity contribution is 9.10. The molecule has 0 N–H and O–H groups in total. The number of carbonyl (C=O) groups excluding carboxylic acids is 1. The van der Waals surface area contributed by atoms with Crippen molar-refractivity contribution in [3.63, 3.8) is 0 Å². The van der Waals surface area contributed by atoms with Crippen molar-refractivity contribution in [1.29, 1.82) is 0 Å². The lowest BCUT2D eigenvalue weighted by atomic mass is 10.2. The van der Waals surface area contributed by atoms with Crippen molar-refractivity contribution in [2.24, 2.45) is 14.1 Å². The summed E-state index contributed by atoms with van der Waals surface area (Å²) in [5.74, 6) is 0. The van der Waals surface area contributed by atoms with Gasteiger partial charge in [-0.2, -0.15) is 0 Å². The number of benzene rings is 1. The van der Waals surface area contributed by atoms with Crippen LogP contribution in [0.3, 0.4) is 0 Å². The van der Waals surface area contributed by atoms with E-state index in [9.17, 15) is 14.4 Å². The fourth-order valence-electron chi connectivity index (χ4n) is 3.73. The van der Waals surface area contributed by atoms with Gasteiger partial charge in [0.1, 0.15) is 5.60 Å². The van der Waals surface area contributed by atoms with Crippen LogP contribution in [0.1, 0.15) is 32.0 Å². The second-order valence-corrected chi connectivity index (χ2v) is 9.57. The van der Waals surface area contributed by atoms with Gasteiger partial charge in [0.05, 0.1) is 17.8 Å². The van der Waals surface area contributed by atoms with Crippen LogP contribution in [0.5, 0.6) is 0 Å². The molecule has 0 aliphatic heterocycles. The van der Waals surface area contributed by atoms with Gasteiger partial charge >= 0.3 is 11.8 Å². The highest BCUT2D eigenvalue weighted by atomic mass is 79.9. The van der Waals surface area contributed by atoms with Gasteiger partial charge in [-0.15, -0.1) is 0 Å². The molecule has 4 aromatic rings. The molecule has 0 saturated heterocycles. The summed E-state index contributed by atoms with van der Waals surface area (Å²) in [4.78, 5) is 43.7. The molecule has 0 radical (unpaired) electrons. The molecule has 9 nitrogen and oxygen atoms in total. The fourth-order valence-corrected chi connectivity index (χ4v) is 4.07. The van der Waals surface area contributed by atoms with Crippen LogP contribution in [0.15, 0.2) is 38.6 Å². The minimum atomic E-state index is -0.707. The second-order valence-electron chi connectivity index (χ2n) is 8.86. The number of halogens is 1. The first-order chi connectivity index (χ1) is 14.9. The molecule has 0 fully saturated rings. The molecule has 0 spiro atoms. The fraction of sp³-hybridized carbons (Fsp3) is 0.364. The molecule has 0 aliphatic carbocycles. The van der Waals surface area contributed by atoms with E-state index < -0.39 is 22.9 Å². The smallest absolute Gasteiger partial charge is 0.419 e. The zero-order valence-corrected chi connectivity index (χ0v) is 20.3. The third kappa shape index (κ3) is 3.58. The van der Waals surface area contributed by atoms with Crippen molar-refractivity contribution in [3.8, 4) is 0 Å². The second kappa shape index (κ2) is 7.47. The average molecular weight is 502 g/mol. The van der Waals surface area contributed by atoms with Crippen molar-refractivity contribution < 1.29 is 9.53 Å². The normalized spacial score (nSPS) is 12.1. The predicted molar refractivity (Wildman–Crippen MR) is 125 cm³/mol. The maximum absolute atomic E-state index is 13.3. The van der Waals surface area contributed by atoms with Crippen LogP contribution in [0.2, 0.25) is 0 Å². The van der Waals surface area contributed by atoms with Crippen molar-refractivity contribution in [2.45, 2.75) is 39.8 Å². The molecule has 0 amide bonds. The molecule has 0 unspecified atom stereocenters. The molecule has 0 atom stereocenters. The minimum Gasteiger partial charge on any atom is -0.443 e. The Morgan fingerprint density at radius 3 is 2.47 bits per heavy atom. The van der Waals surface area contributed by atoms with Gasteiger partial charge in [0.25, 0.3) is 5.56 Å². The first-order valence-corrected chi connectivity index (χ1v) is 10.8. The Kier molecular flexibility index (Phi) is 5.15. The number of fused-ring (bicyclic) bond motifs is 2. The Balaban J connectivity index is 1.96. The highest BCUT2D eigenvalue weighted by Crippen LogP contribution is 2.24. The number of carbonyl (C=O) groups is 1. The zero-order chi connectivity index (χ0) is 23.5. The number of nitrogens with zero attached hydrogens (tertiary/aromatic N) is 5. The monoisotopic (exact) mass is 501 g/mol. The van der Waals surface area contributed by atoms with Crippen LogP contribution in [-0.2, 0) is 25.4 Å². The first kappa shape index (κ1) is 22.1. The number of aromatic nitrogens is 5. The average Bonchev–Trinajstić information content (AvgIpc) is 3.19. The molecule has 0 saturated carbocycles. The lowest BCUT2D eigenvalue weighted by molar-refractivity contribution is 0.0540. The maximum Gasteiger partial charge on any atom is 0.419 e. The molecule has 0 bridgehead atoms. The predicted octanol–water partition coefficient (Wildman–Crippen LogP) is 3.29. The van der Waals surface area contributed by atoms with E-state index >= 15 is 0 Å². The molecule has 10 heteroatoms. The summed E-state index contributed by atoms with van der Waals surface area (Å²) < 4.78 is 11.5. The van der Waals surface area contributed by atoms with Crippen molar-refractivity contribution in [2.75, 3.05) is 0 Å². The molecule has 0 aliphatic rings. The van der Waals surface area contributed by atoms with E-state index in [0.717, 1.165) is 15.5 Å². The Bertz CT molecular complexity index is 1510. The van der Waals surface area contributed by atoms with E-state index in [4.69, 9.17) is 4.74 Å². The van der Waals surface area contributed by atoms with Gasteiger partial charge in [0, 0.05) is 19.5 Å². The van der Waals surface area contributed by atoms with E-state index in [2.05, 4.69) is 20.9 Å². The van der Waals surface area contributed by atoms with Crippen LogP contribution in [-0.4, -0.2) is 34.9 Å².